The van der Waals surface area contributed by atoms with Gasteiger partial charge < -0.3 is 9.64 Å². The highest BCUT2D eigenvalue weighted by atomic mass is 79.9. The molecule has 0 radical (unpaired) electrons. The van der Waals surface area contributed by atoms with Gasteiger partial charge in [0, 0.05) is 29.0 Å². The molecule has 3 aromatic carbocycles. The molecule has 2 heterocycles. The summed E-state index contributed by atoms with van der Waals surface area (Å²) in [6, 6.07) is 19.1. The van der Waals surface area contributed by atoms with Crippen LogP contribution in [0.3, 0.4) is 0 Å². The molecular weight excluding hydrogens is 400 g/mol. The smallest absolute Gasteiger partial charge is 0.228 e. The fourth-order valence-electron chi connectivity index (χ4n) is 4.57. The lowest BCUT2D eigenvalue weighted by atomic mass is 9.77. The van der Waals surface area contributed by atoms with Crippen LogP contribution in [0.15, 0.2) is 59.6 Å². The van der Waals surface area contributed by atoms with E-state index in [0.717, 1.165) is 27.7 Å². The summed E-state index contributed by atoms with van der Waals surface area (Å²) in [4.78, 5) is 7.21. The van der Waals surface area contributed by atoms with Crippen molar-refractivity contribution >= 4 is 44.3 Å². The van der Waals surface area contributed by atoms with E-state index < -0.39 is 5.72 Å². The van der Waals surface area contributed by atoms with E-state index in [4.69, 9.17) is 9.73 Å². The lowest BCUT2D eigenvalue weighted by Crippen LogP contribution is -2.61. The number of benzene rings is 3. The summed E-state index contributed by atoms with van der Waals surface area (Å²) in [6.45, 7) is 4.47. The first-order valence-electron chi connectivity index (χ1n) is 9.18. The Hall–Kier alpha value is -2.33. The number of hydrogen-bond donors (Lipinski definition) is 0. The third-order valence-corrected chi connectivity index (χ3v) is 6.76. The van der Waals surface area contributed by atoms with Crippen molar-refractivity contribution in [2.45, 2.75) is 30.3 Å². The van der Waals surface area contributed by atoms with E-state index in [1.54, 1.807) is 0 Å². The van der Waals surface area contributed by atoms with Crippen LogP contribution in [0, 0.1) is 0 Å². The zero-order valence-electron chi connectivity index (χ0n) is 15.7. The van der Waals surface area contributed by atoms with Crippen molar-refractivity contribution in [1.29, 1.82) is 0 Å². The average Bonchev–Trinajstić information content (AvgIpc) is 2.86. The van der Waals surface area contributed by atoms with Crippen LogP contribution >= 0.6 is 15.9 Å². The number of fused-ring (bicyclic) bond motifs is 4. The first kappa shape index (κ1) is 16.8. The Kier molecular flexibility index (Phi) is 3.48. The number of aliphatic imine (C=N–C) groups is 1. The molecule has 1 atom stereocenters. The molecule has 5 rings (SSSR count). The first-order valence-corrected chi connectivity index (χ1v) is 10.3. The molecule has 4 heteroatoms. The van der Waals surface area contributed by atoms with Crippen molar-refractivity contribution in [1.82, 2.24) is 0 Å². The molecule has 0 saturated carbocycles. The van der Waals surface area contributed by atoms with Gasteiger partial charge in [0.15, 0.2) is 5.75 Å². The van der Waals surface area contributed by atoms with E-state index in [9.17, 15) is 0 Å². The number of likely N-dealkylation sites (N-methyl/N-ethyl adjacent to an activating group) is 1. The van der Waals surface area contributed by atoms with Gasteiger partial charge in [0.25, 0.3) is 0 Å². The molecule has 0 aliphatic carbocycles. The molecular formula is C23H21BrN2O. The van der Waals surface area contributed by atoms with Crippen LogP contribution in [-0.2, 0) is 10.7 Å². The lowest BCUT2D eigenvalue weighted by molar-refractivity contribution is 0.0818. The second-order valence-electron chi connectivity index (χ2n) is 7.83. The minimum atomic E-state index is -0.650. The summed E-state index contributed by atoms with van der Waals surface area (Å²) in [7, 11) is 2.10. The monoisotopic (exact) mass is 420 g/mol. The first-order chi connectivity index (χ1) is 13.0. The number of rotatable bonds is 1. The van der Waals surface area contributed by atoms with E-state index >= 15 is 0 Å². The molecule has 0 N–H and O–H groups in total. The number of halogens is 1. The van der Waals surface area contributed by atoms with Crippen LogP contribution in [0.1, 0.15) is 25.0 Å². The van der Waals surface area contributed by atoms with E-state index in [-0.39, 0.29) is 5.41 Å². The third-order valence-electron chi connectivity index (χ3n) is 6.16. The highest BCUT2D eigenvalue weighted by Gasteiger charge is 2.58. The van der Waals surface area contributed by atoms with Gasteiger partial charge in [0.2, 0.25) is 5.72 Å². The van der Waals surface area contributed by atoms with Crippen molar-refractivity contribution in [3.63, 3.8) is 0 Å². The largest absolute Gasteiger partial charge is 0.459 e. The van der Waals surface area contributed by atoms with E-state index in [0.29, 0.717) is 0 Å². The summed E-state index contributed by atoms with van der Waals surface area (Å²) < 4.78 is 6.87. The average molecular weight is 421 g/mol. The fourth-order valence-corrected chi connectivity index (χ4v) is 4.99. The molecule has 0 amide bonds. The van der Waals surface area contributed by atoms with Crippen LogP contribution in [0.4, 0.5) is 11.4 Å². The van der Waals surface area contributed by atoms with Gasteiger partial charge in [-0.3, -0.25) is 4.99 Å². The number of ether oxygens (including phenoxy) is 1. The van der Waals surface area contributed by atoms with Crippen molar-refractivity contribution in [3.05, 3.63) is 65.7 Å². The van der Waals surface area contributed by atoms with Crippen molar-refractivity contribution < 1.29 is 4.74 Å². The minimum Gasteiger partial charge on any atom is -0.459 e. The second-order valence-corrected chi connectivity index (χ2v) is 8.39. The van der Waals surface area contributed by atoms with Crippen molar-refractivity contribution in [2.75, 3.05) is 11.9 Å². The van der Waals surface area contributed by atoms with E-state index in [2.05, 4.69) is 96.3 Å². The summed E-state index contributed by atoms with van der Waals surface area (Å²) >= 11 is 3.65. The zero-order valence-corrected chi connectivity index (χ0v) is 17.2. The summed E-state index contributed by atoms with van der Waals surface area (Å²) in [6.07, 6.45) is 2.00. The summed E-state index contributed by atoms with van der Waals surface area (Å²) in [5.41, 5.74) is 3.63. The van der Waals surface area contributed by atoms with Crippen molar-refractivity contribution in [2.24, 2.45) is 4.99 Å². The second kappa shape index (κ2) is 5.59. The standard InChI is InChI=1S/C23H21BrN2O/c1-22(2)18-10-6-7-11-19(18)26(3)23(22)14-25-20-17-9-5-4-8-15(17)12-16(13-24)21(20)27-23/h4-12,14H,13H2,1-3H3. The Balaban J connectivity index is 1.76. The van der Waals surface area contributed by atoms with E-state index in [1.807, 2.05) is 6.21 Å². The molecule has 27 heavy (non-hydrogen) atoms. The van der Waals surface area contributed by atoms with Gasteiger partial charge in [-0.1, -0.05) is 58.4 Å². The third kappa shape index (κ3) is 2.05. The Bertz CT molecular complexity index is 1100. The molecule has 2 aliphatic heterocycles. The maximum atomic E-state index is 6.87. The lowest BCUT2D eigenvalue weighted by Gasteiger charge is -2.45. The van der Waals surface area contributed by atoms with E-state index in [1.165, 1.54) is 16.6 Å². The van der Waals surface area contributed by atoms with Gasteiger partial charge in [-0.2, -0.15) is 0 Å². The van der Waals surface area contributed by atoms with Gasteiger partial charge in [0.05, 0.1) is 11.6 Å². The molecule has 0 fully saturated rings. The maximum absolute atomic E-state index is 6.87. The van der Waals surface area contributed by atoms with Crippen LogP contribution in [-0.4, -0.2) is 19.0 Å². The van der Waals surface area contributed by atoms with Crippen LogP contribution < -0.4 is 9.64 Å². The molecule has 2 aliphatic rings. The quantitative estimate of drug-likeness (QED) is 0.454. The summed E-state index contributed by atoms with van der Waals surface area (Å²) in [5.74, 6) is 0.876. The number of para-hydroxylation sites is 1. The SMILES string of the molecule is CN1c2ccccc2C(C)(C)C12C=Nc1c(c(CBr)cc3ccccc13)O2. The van der Waals surface area contributed by atoms with Crippen LogP contribution in [0.2, 0.25) is 0 Å². The molecule has 0 saturated heterocycles. The van der Waals surface area contributed by atoms with Gasteiger partial charge in [-0.05, 0) is 36.9 Å². The van der Waals surface area contributed by atoms with Crippen LogP contribution in [0.5, 0.6) is 5.75 Å². The maximum Gasteiger partial charge on any atom is 0.228 e. The molecule has 136 valence electrons. The number of hydrogen-bond acceptors (Lipinski definition) is 3. The predicted molar refractivity (Wildman–Crippen MR) is 116 cm³/mol. The summed E-state index contributed by atoms with van der Waals surface area (Å²) in [5, 5.41) is 3.03. The Labute approximate surface area is 167 Å². The Morgan fingerprint density at radius 1 is 1.07 bits per heavy atom. The molecule has 0 aromatic heterocycles. The normalized spacial score (nSPS) is 22.0. The minimum absolute atomic E-state index is 0.241. The molecule has 0 bridgehead atoms. The molecule has 3 nitrogen and oxygen atoms in total. The van der Waals surface area contributed by atoms with Gasteiger partial charge >= 0.3 is 0 Å². The number of alkyl halides is 1. The molecule has 1 spiro atoms. The number of nitrogens with zero attached hydrogens (tertiary/aromatic N) is 2. The van der Waals surface area contributed by atoms with Crippen molar-refractivity contribution in [3.8, 4) is 5.75 Å². The van der Waals surface area contributed by atoms with Gasteiger partial charge in [0.1, 0.15) is 5.69 Å². The highest BCUT2D eigenvalue weighted by molar-refractivity contribution is 9.08. The predicted octanol–water partition coefficient (Wildman–Crippen LogP) is 5.95. The zero-order chi connectivity index (χ0) is 18.8. The molecule has 1 unspecified atom stereocenters. The topological polar surface area (TPSA) is 24.8 Å². The Morgan fingerprint density at radius 2 is 1.81 bits per heavy atom. The van der Waals surface area contributed by atoms with Crippen LogP contribution in [0.25, 0.3) is 10.8 Å². The van der Waals surface area contributed by atoms with Gasteiger partial charge in [-0.25, -0.2) is 0 Å². The fraction of sp³-hybridized carbons (Fsp3) is 0.261. The van der Waals surface area contributed by atoms with Gasteiger partial charge in [-0.15, -0.1) is 0 Å². The highest BCUT2D eigenvalue weighted by Crippen LogP contribution is 2.55. The number of anilines is 1. The Morgan fingerprint density at radius 3 is 2.59 bits per heavy atom. The molecule has 3 aromatic rings.